The molecule has 1 N–H and O–H groups in total. The molecule has 2 rings (SSSR count). The Balaban J connectivity index is 2.50. The number of hydrogen-bond acceptors (Lipinski definition) is 2. The fourth-order valence-electron chi connectivity index (χ4n) is 2.18. The van der Waals surface area contributed by atoms with Crippen molar-refractivity contribution in [1.82, 2.24) is 10.4 Å². The molecule has 0 aliphatic heterocycles. The third-order valence-corrected chi connectivity index (χ3v) is 3.55. The lowest BCUT2D eigenvalue weighted by Crippen LogP contribution is -2.56. The van der Waals surface area contributed by atoms with Crippen LogP contribution in [0.3, 0.4) is 0 Å². The summed E-state index contributed by atoms with van der Waals surface area (Å²) in [6, 6.07) is 7.56. The zero-order chi connectivity index (χ0) is 20.5. The first-order chi connectivity index (χ1) is 12.5. The number of carbonyl (C=O) groups excluding carboxylic acids is 2. The lowest BCUT2D eigenvalue weighted by atomic mass is 10.1. The second-order valence-electron chi connectivity index (χ2n) is 6.56. The molecule has 9 heteroatoms. The van der Waals surface area contributed by atoms with Gasteiger partial charge in [0.1, 0.15) is 5.56 Å². The van der Waals surface area contributed by atoms with Crippen molar-refractivity contribution in [3.8, 4) is 0 Å². The van der Waals surface area contributed by atoms with Crippen LogP contribution in [0.15, 0.2) is 30.3 Å². The number of carbonyl (C=O) groups is 2. The Hall–Kier alpha value is -2.97. The van der Waals surface area contributed by atoms with Gasteiger partial charge >= 0.3 is 0 Å². The molecule has 4 nitrogen and oxygen atoms in total. The quantitative estimate of drug-likeness (QED) is 0.368. The van der Waals surface area contributed by atoms with E-state index in [1.165, 1.54) is 32.9 Å². The van der Waals surface area contributed by atoms with Gasteiger partial charge in [-0.25, -0.2) is 27.0 Å². The summed E-state index contributed by atoms with van der Waals surface area (Å²) in [5.41, 5.74) is -0.631. The molecule has 0 aliphatic rings. The normalized spacial score (nSPS) is 11.3. The van der Waals surface area contributed by atoms with Gasteiger partial charge in [-0.2, -0.15) is 0 Å². The summed E-state index contributed by atoms with van der Waals surface area (Å²) in [7, 11) is 0. The lowest BCUT2D eigenvalue weighted by Gasteiger charge is -2.35. The average molecular weight is 386 g/mol. The van der Waals surface area contributed by atoms with E-state index in [0.717, 1.165) is 0 Å². The van der Waals surface area contributed by atoms with E-state index < -0.39 is 52.0 Å². The minimum absolute atomic E-state index is 0.122. The maximum atomic E-state index is 14.0. The largest absolute Gasteiger partial charge is 0.278 e. The van der Waals surface area contributed by atoms with Gasteiger partial charge in [-0.3, -0.25) is 15.0 Å². The standard InChI is InChI=1S/C18H15F5N2O2/c1-18(2,3)25(24-16(26)9-7-5-4-6-8-9)17(27)10-11(19)13(21)15(23)14(22)12(10)20/h4-8H,1-3H3,(H,24,26). The van der Waals surface area contributed by atoms with Crippen molar-refractivity contribution in [2.45, 2.75) is 26.3 Å². The molecule has 0 aromatic heterocycles. The van der Waals surface area contributed by atoms with Gasteiger partial charge in [0.05, 0.1) is 5.54 Å². The Labute approximate surface area is 151 Å². The average Bonchev–Trinajstić information content (AvgIpc) is 2.62. The zero-order valence-corrected chi connectivity index (χ0v) is 14.5. The fraction of sp³-hybridized carbons (Fsp3) is 0.222. The first kappa shape index (κ1) is 20.3. The maximum absolute atomic E-state index is 14.0. The van der Waals surface area contributed by atoms with E-state index in [2.05, 4.69) is 5.43 Å². The highest BCUT2D eigenvalue weighted by atomic mass is 19.2. The van der Waals surface area contributed by atoms with E-state index in [9.17, 15) is 31.5 Å². The predicted octanol–water partition coefficient (Wildman–Crippen LogP) is 3.97. The van der Waals surface area contributed by atoms with Crippen molar-refractivity contribution in [3.05, 3.63) is 70.5 Å². The number of halogens is 5. The van der Waals surface area contributed by atoms with Crippen molar-refractivity contribution >= 4 is 11.8 Å². The van der Waals surface area contributed by atoms with Crippen LogP contribution in [0.25, 0.3) is 0 Å². The molecule has 0 saturated heterocycles. The van der Waals surface area contributed by atoms with E-state index in [0.29, 0.717) is 5.01 Å². The van der Waals surface area contributed by atoms with Crippen molar-refractivity contribution < 1.29 is 31.5 Å². The van der Waals surface area contributed by atoms with Crippen LogP contribution in [0, 0.1) is 29.1 Å². The van der Waals surface area contributed by atoms with Crippen molar-refractivity contribution in [2.24, 2.45) is 0 Å². The summed E-state index contributed by atoms with van der Waals surface area (Å²) < 4.78 is 68.0. The molecule has 0 fully saturated rings. The van der Waals surface area contributed by atoms with Crippen LogP contribution in [-0.4, -0.2) is 22.4 Å². The fourth-order valence-corrected chi connectivity index (χ4v) is 2.18. The highest BCUT2D eigenvalue weighted by molar-refractivity contribution is 5.99. The van der Waals surface area contributed by atoms with Gasteiger partial charge in [0.25, 0.3) is 11.8 Å². The number of hydrazine groups is 1. The summed E-state index contributed by atoms with van der Waals surface area (Å²) >= 11 is 0. The molecule has 2 aromatic rings. The van der Waals surface area contributed by atoms with Gasteiger partial charge in [0.15, 0.2) is 23.3 Å². The zero-order valence-electron chi connectivity index (χ0n) is 14.5. The van der Waals surface area contributed by atoms with E-state index in [-0.39, 0.29) is 5.56 Å². The van der Waals surface area contributed by atoms with Gasteiger partial charge < -0.3 is 0 Å². The summed E-state index contributed by atoms with van der Waals surface area (Å²) in [5.74, 6) is -13.8. The molecule has 0 saturated carbocycles. The highest BCUT2D eigenvalue weighted by Crippen LogP contribution is 2.26. The Kier molecular flexibility index (Phi) is 5.53. The molecule has 0 atom stereocenters. The number of nitrogens with one attached hydrogen (secondary N) is 1. The van der Waals surface area contributed by atoms with Crippen molar-refractivity contribution in [3.63, 3.8) is 0 Å². The number of nitrogens with zero attached hydrogens (tertiary/aromatic N) is 1. The summed E-state index contributed by atoms with van der Waals surface area (Å²) in [6.07, 6.45) is 0. The van der Waals surface area contributed by atoms with Gasteiger partial charge in [-0.1, -0.05) is 18.2 Å². The van der Waals surface area contributed by atoms with E-state index in [1.54, 1.807) is 18.2 Å². The molecular formula is C18H15F5N2O2. The first-order valence-electron chi connectivity index (χ1n) is 7.68. The summed E-state index contributed by atoms with van der Waals surface area (Å²) in [4.78, 5) is 24.9. The molecule has 0 heterocycles. The topological polar surface area (TPSA) is 49.4 Å². The van der Waals surface area contributed by atoms with Crippen LogP contribution in [-0.2, 0) is 0 Å². The number of amides is 2. The minimum atomic E-state index is -2.38. The van der Waals surface area contributed by atoms with Crippen LogP contribution in [0.2, 0.25) is 0 Å². The molecule has 0 spiro atoms. The van der Waals surface area contributed by atoms with Gasteiger partial charge in [0, 0.05) is 5.56 Å². The third kappa shape index (κ3) is 3.91. The Morgan fingerprint density at radius 1 is 0.815 bits per heavy atom. The number of benzene rings is 2. The molecule has 0 unspecified atom stereocenters. The second kappa shape index (κ2) is 7.34. The molecule has 27 heavy (non-hydrogen) atoms. The van der Waals surface area contributed by atoms with E-state index in [4.69, 9.17) is 0 Å². The molecule has 144 valence electrons. The highest BCUT2D eigenvalue weighted by Gasteiger charge is 2.37. The van der Waals surface area contributed by atoms with E-state index in [1.807, 2.05) is 0 Å². The Bertz CT molecular complexity index is 866. The maximum Gasteiger partial charge on any atom is 0.278 e. The monoisotopic (exact) mass is 386 g/mol. The second-order valence-corrected chi connectivity index (χ2v) is 6.56. The van der Waals surface area contributed by atoms with Gasteiger partial charge in [-0.15, -0.1) is 0 Å². The molecule has 0 bridgehead atoms. The SMILES string of the molecule is CC(C)(C)N(NC(=O)c1ccccc1)C(=O)c1c(F)c(F)c(F)c(F)c1F. The van der Waals surface area contributed by atoms with Gasteiger partial charge in [-0.05, 0) is 32.9 Å². The van der Waals surface area contributed by atoms with E-state index >= 15 is 0 Å². The smallest absolute Gasteiger partial charge is 0.267 e. The van der Waals surface area contributed by atoms with Crippen LogP contribution in [0.5, 0.6) is 0 Å². The first-order valence-corrected chi connectivity index (χ1v) is 7.68. The van der Waals surface area contributed by atoms with Crippen LogP contribution >= 0.6 is 0 Å². The summed E-state index contributed by atoms with van der Waals surface area (Å²) in [6.45, 7) is 4.21. The van der Waals surface area contributed by atoms with Crippen LogP contribution in [0.1, 0.15) is 41.5 Å². The molecule has 0 aliphatic carbocycles. The van der Waals surface area contributed by atoms with Crippen molar-refractivity contribution in [1.29, 1.82) is 0 Å². The van der Waals surface area contributed by atoms with Crippen molar-refractivity contribution in [2.75, 3.05) is 0 Å². The Morgan fingerprint density at radius 3 is 1.70 bits per heavy atom. The predicted molar refractivity (Wildman–Crippen MR) is 86.1 cm³/mol. The number of hydrogen-bond donors (Lipinski definition) is 1. The molecule has 2 aromatic carbocycles. The van der Waals surface area contributed by atoms with Crippen LogP contribution < -0.4 is 5.43 Å². The lowest BCUT2D eigenvalue weighted by molar-refractivity contribution is 0.0348. The van der Waals surface area contributed by atoms with Gasteiger partial charge in [0.2, 0.25) is 5.82 Å². The summed E-state index contributed by atoms with van der Waals surface area (Å²) in [5, 5.41) is 0.514. The minimum Gasteiger partial charge on any atom is -0.267 e. The molecule has 0 radical (unpaired) electrons. The van der Waals surface area contributed by atoms with Crippen LogP contribution in [0.4, 0.5) is 22.0 Å². The molecule has 2 amide bonds. The number of rotatable bonds is 2. The molecular weight excluding hydrogens is 371 g/mol. The third-order valence-electron chi connectivity index (χ3n) is 3.55. The Morgan fingerprint density at radius 2 is 1.26 bits per heavy atom.